The zero-order chi connectivity index (χ0) is 15.7. The van der Waals surface area contributed by atoms with Crippen molar-refractivity contribution < 1.29 is 14.7 Å². The molecule has 2 fully saturated rings. The standard InChI is InChI=1S/C16H23N3O3/c1-10(20)14-5-13-4-11(2-3-12(13)6-17-14)7-19-8-15(16(21)22)18-9-19/h8-9,11-14,17H,2-7H2,1H3,(H,21,22)/t11-,12-,13+,14-/m0/s1. The molecular formula is C16H23N3O3. The van der Waals surface area contributed by atoms with Crippen molar-refractivity contribution >= 4 is 11.8 Å². The van der Waals surface area contributed by atoms with Gasteiger partial charge in [-0.25, -0.2) is 9.78 Å². The van der Waals surface area contributed by atoms with E-state index in [-0.39, 0.29) is 17.5 Å². The van der Waals surface area contributed by atoms with E-state index in [4.69, 9.17) is 5.11 Å². The van der Waals surface area contributed by atoms with Crippen LogP contribution in [0.3, 0.4) is 0 Å². The lowest BCUT2D eigenvalue weighted by molar-refractivity contribution is -0.120. The van der Waals surface area contributed by atoms with Gasteiger partial charge in [-0.1, -0.05) is 0 Å². The fraction of sp³-hybridized carbons (Fsp3) is 0.688. The van der Waals surface area contributed by atoms with Crippen molar-refractivity contribution in [2.24, 2.45) is 17.8 Å². The van der Waals surface area contributed by atoms with Crippen LogP contribution in [0.4, 0.5) is 0 Å². The second kappa shape index (κ2) is 6.20. The van der Waals surface area contributed by atoms with Gasteiger partial charge in [-0.05, 0) is 56.9 Å². The van der Waals surface area contributed by atoms with Crippen molar-refractivity contribution in [3.8, 4) is 0 Å². The quantitative estimate of drug-likeness (QED) is 0.882. The Kier molecular flexibility index (Phi) is 4.29. The smallest absolute Gasteiger partial charge is 0.356 e. The largest absolute Gasteiger partial charge is 0.476 e. The summed E-state index contributed by atoms with van der Waals surface area (Å²) in [5, 5.41) is 12.3. The number of carbonyl (C=O) groups is 2. The molecule has 0 radical (unpaired) electrons. The maximum atomic E-state index is 11.6. The number of nitrogens with one attached hydrogen (secondary N) is 1. The average Bonchev–Trinajstić information content (AvgIpc) is 2.95. The maximum absolute atomic E-state index is 11.6. The molecule has 6 heteroatoms. The lowest BCUT2D eigenvalue weighted by Gasteiger charge is -2.42. The summed E-state index contributed by atoms with van der Waals surface area (Å²) in [5.74, 6) is 1.09. The molecule has 6 nitrogen and oxygen atoms in total. The summed E-state index contributed by atoms with van der Waals surface area (Å²) in [6.07, 6.45) is 7.63. The SMILES string of the molecule is CC(=O)[C@@H]1C[C@H]2C[C@@H](Cn3cnc(C(=O)O)c3)CC[C@H]2CN1. The highest BCUT2D eigenvalue weighted by Crippen LogP contribution is 2.39. The van der Waals surface area contributed by atoms with E-state index in [1.54, 1.807) is 19.4 Å². The van der Waals surface area contributed by atoms with E-state index >= 15 is 0 Å². The van der Waals surface area contributed by atoms with E-state index in [0.717, 1.165) is 32.4 Å². The van der Waals surface area contributed by atoms with Gasteiger partial charge in [0.25, 0.3) is 0 Å². The van der Waals surface area contributed by atoms with E-state index < -0.39 is 5.97 Å². The number of carbonyl (C=O) groups excluding carboxylic acids is 1. The number of carboxylic acids is 1. The van der Waals surface area contributed by atoms with Crippen LogP contribution in [0.15, 0.2) is 12.5 Å². The van der Waals surface area contributed by atoms with Crippen LogP contribution in [0.1, 0.15) is 43.1 Å². The summed E-state index contributed by atoms with van der Waals surface area (Å²) in [7, 11) is 0. The van der Waals surface area contributed by atoms with Crippen LogP contribution in [-0.4, -0.2) is 39.0 Å². The molecule has 1 aromatic rings. The second-order valence-corrected chi connectivity index (χ2v) is 6.77. The summed E-state index contributed by atoms with van der Waals surface area (Å²) in [5.41, 5.74) is 0.104. The highest BCUT2D eigenvalue weighted by molar-refractivity contribution is 5.84. The fourth-order valence-electron chi connectivity index (χ4n) is 4.01. The van der Waals surface area contributed by atoms with Gasteiger partial charge in [0.15, 0.2) is 5.69 Å². The number of rotatable bonds is 4. The van der Waals surface area contributed by atoms with Crippen LogP contribution in [-0.2, 0) is 11.3 Å². The molecule has 1 saturated heterocycles. The maximum Gasteiger partial charge on any atom is 0.356 e. The Hall–Kier alpha value is -1.69. The molecule has 2 N–H and O–H groups in total. The lowest BCUT2D eigenvalue weighted by atomic mass is 9.69. The zero-order valence-electron chi connectivity index (χ0n) is 12.9. The summed E-state index contributed by atoms with van der Waals surface area (Å²) < 4.78 is 1.89. The Bertz CT molecular complexity index is 569. The van der Waals surface area contributed by atoms with Crippen LogP contribution in [0.2, 0.25) is 0 Å². The zero-order valence-corrected chi connectivity index (χ0v) is 12.9. The molecule has 4 atom stereocenters. The number of hydrogen-bond donors (Lipinski definition) is 2. The molecule has 22 heavy (non-hydrogen) atoms. The molecule has 0 aromatic carbocycles. The highest BCUT2D eigenvalue weighted by Gasteiger charge is 2.36. The summed E-state index contributed by atoms with van der Waals surface area (Å²) in [6, 6.07) is 0.0202. The molecule has 1 saturated carbocycles. The van der Waals surface area contributed by atoms with Gasteiger partial charge in [-0.3, -0.25) is 4.79 Å². The predicted octanol–water partition coefficient (Wildman–Crippen LogP) is 1.56. The normalized spacial score (nSPS) is 31.5. The number of nitrogens with zero attached hydrogens (tertiary/aromatic N) is 2. The number of imidazole rings is 1. The van der Waals surface area contributed by atoms with Crippen LogP contribution >= 0.6 is 0 Å². The molecule has 1 aliphatic heterocycles. The first-order valence-corrected chi connectivity index (χ1v) is 8.02. The van der Waals surface area contributed by atoms with Gasteiger partial charge in [0, 0.05) is 12.7 Å². The third-order valence-corrected chi connectivity index (χ3v) is 5.23. The molecule has 1 aromatic heterocycles. The molecular weight excluding hydrogens is 282 g/mol. The van der Waals surface area contributed by atoms with Crippen LogP contribution < -0.4 is 5.32 Å². The third kappa shape index (κ3) is 3.21. The van der Waals surface area contributed by atoms with Gasteiger partial charge < -0.3 is 15.0 Å². The van der Waals surface area contributed by atoms with E-state index in [1.165, 1.54) is 6.42 Å². The molecule has 0 spiro atoms. The Morgan fingerprint density at radius 1 is 1.36 bits per heavy atom. The minimum Gasteiger partial charge on any atom is -0.476 e. The second-order valence-electron chi connectivity index (χ2n) is 6.77. The van der Waals surface area contributed by atoms with Crippen molar-refractivity contribution in [2.45, 2.75) is 45.2 Å². The predicted molar refractivity (Wildman–Crippen MR) is 80.6 cm³/mol. The molecule has 0 bridgehead atoms. The molecule has 0 amide bonds. The minimum absolute atomic E-state index is 0.0202. The first-order valence-electron chi connectivity index (χ1n) is 8.02. The number of ketones is 1. The fourth-order valence-corrected chi connectivity index (χ4v) is 4.01. The van der Waals surface area contributed by atoms with E-state index in [2.05, 4.69) is 10.3 Å². The van der Waals surface area contributed by atoms with Gasteiger partial charge in [0.05, 0.1) is 12.4 Å². The topological polar surface area (TPSA) is 84.2 Å². The first kappa shape index (κ1) is 15.2. The molecule has 2 aliphatic rings. The molecule has 120 valence electrons. The van der Waals surface area contributed by atoms with Crippen molar-refractivity contribution in [3.63, 3.8) is 0 Å². The number of aromatic nitrogens is 2. The Morgan fingerprint density at radius 2 is 2.18 bits per heavy atom. The van der Waals surface area contributed by atoms with Gasteiger partial charge in [-0.15, -0.1) is 0 Å². The van der Waals surface area contributed by atoms with Crippen molar-refractivity contribution in [2.75, 3.05) is 6.54 Å². The molecule has 0 unspecified atom stereocenters. The van der Waals surface area contributed by atoms with E-state index in [1.807, 2.05) is 4.57 Å². The summed E-state index contributed by atoms with van der Waals surface area (Å²) >= 11 is 0. The summed E-state index contributed by atoms with van der Waals surface area (Å²) in [4.78, 5) is 26.4. The Labute approximate surface area is 129 Å². The monoisotopic (exact) mass is 305 g/mol. The van der Waals surface area contributed by atoms with Gasteiger partial charge in [0.2, 0.25) is 0 Å². The number of fused-ring (bicyclic) bond motifs is 1. The third-order valence-electron chi connectivity index (χ3n) is 5.23. The van der Waals surface area contributed by atoms with Crippen molar-refractivity contribution in [1.29, 1.82) is 0 Å². The Morgan fingerprint density at radius 3 is 2.86 bits per heavy atom. The van der Waals surface area contributed by atoms with Crippen molar-refractivity contribution in [1.82, 2.24) is 14.9 Å². The number of aromatic carboxylic acids is 1. The Balaban J connectivity index is 1.59. The molecule has 2 heterocycles. The van der Waals surface area contributed by atoms with Gasteiger partial charge in [-0.2, -0.15) is 0 Å². The number of Topliss-reactive ketones (excluding diaryl/α,β-unsaturated/α-hetero) is 1. The highest BCUT2D eigenvalue weighted by atomic mass is 16.4. The van der Waals surface area contributed by atoms with Crippen LogP contribution in [0, 0.1) is 17.8 Å². The first-order chi connectivity index (χ1) is 10.5. The number of piperidine rings is 1. The average molecular weight is 305 g/mol. The van der Waals surface area contributed by atoms with E-state index in [9.17, 15) is 9.59 Å². The van der Waals surface area contributed by atoms with Gasteiger partial charge >= 0.3 is 5.97 Å². The minimum atomic E-state index is -0.981. The molecule has 1 aliphatic carbocycles. The van der Waals surface area contributed by atoms with E-state index in [0.29, 0.717) is 17.8 Å². The lowest BCUT2D eigenvalue weighted by Crippen LogP contribution is -2.49. The number of hydrogen-bond acceptors (Lipinski definition) is 4. The van der Waals surface area contributed by atoms with Crippen molar-refractivity contribution in [3.05, 3.63) is 18.2 Å². The van der Waals surface area contributed by atoms with Crippen LogP contribution in [0.5, 0.6) is 0 Å². The number of carboxylic acid groups (broad SMARTS) is 1. The van der Waals surface area contributed by atoms with Crippen LogP contribution in [0.25, 0.3) is 0 Å². The summed E-state index contributed by atoms with van der Waals surface area (Å²) in [6.45, 7) is 3.44. The van der Waals surface area contributed by atoms with Gasteiger partial charge in [0.1, 0.15) is 5.78 Å². The molecule has 3 rings (SSSR count).